The Labute approximate surface area is 154 Å². The zero-order chi connectivity index (χ0) is 17.5. The van der Waals surface area contributed by atoms with Gasteiger partial charge in [-0.3, -0.25) is 14.6 Å². The third kappa shape index (κ3) is 5.14. The highest BCUT2D eigenvalue weighted by Crippen LogP contribution is 2.30. The molecule has 124 valence electrons. The third-order valence-electron chi connectivity index (χ3n) is 2.76. The van der Waals surface area contributed by atoms with Gasteiger partial charge in [0, 0.05) is 16.2 Å². The quantitative estimate of drug-likeness (QED) is 0.474. The lowest BCUT2D eigenvalue weighted by atomic mass is 10.2. The van der Waals surface area contributed by atoms with E-state index in [0.29, 0.717) is 10.0 Å². The molecule has 0 spiro atoms. The number of pyridine rings is 1. The molecule has 0 saturated carbocycles. The van der Waals surface area contributed by atoms with Gasteiger partial charge in [-0.2, -0.15) is 5.10 Å². The number of hydrogen-bond acceptors (Lipinski definition) is 5. The van der Waals surface area contributed by atoms with Crippen LogP contribution in [0.15, 0.2) is 50.6 Å². The largest absolute Gasteiger partial charge is 0.506 e. The van der Waals surface area contributed by atoms with Gasteiger partial charge in [-0.05, 0) is 40.2 Å². The summed E-state index contributed by atoms with van der Waals surface area (Å²) in [7, 11) is 0. The number of aromatic hydroxyl groups is 1. The van der Waals surface area contributed by atoms with Gasteiger partial charge in [0.1, 0.15) is 11.4 Å². The predicted octanol–water partition coefficient (Wildman–Crippen LogP) is 2.19. The fourth-order valence-corrected chi connectivity index (χ4v) is 2.90. The van der Waals surface area contributed by atoms with Crippen LogP contribution in [0.4, 0.5) is 0 Å². The minimum atomic E-state index is -0.510. The second-order valence-corrected chi connectivity index (χ2v) is 6.29. The average Bonchev–Trinajstić information content (AvgIpc) is 2.57. The van der Waals surface area contributed by atoms with Gasteiger partial charge in [0.05, 0.1) is 17.2 Å². The molecule has 0 aliphatic carbocycles. The van der Waals surface area contributed by atoms with Gasteiger partial charge in [-0.15, -0.1) is 0 Å². The number of hydrazone groups is 1. The number of nitrogens with zero attached hydrogens (tertiary/aromatic N) is 2. The van der Waals surface area contributed by atoms with Gasteiger partial charge in [0.15, 0.2) is 0 Å². The normalized spacial score (nSPS) is 10.6. The van der Waals surface area contributed by atoms with E-state index in [9.17, 15) is 14.7 Å². The molecule has 9 heteroatoms. The maximum Gasteiger partial charge on any atom is 0.270 e. The Morgan fingerprint density at radius 1 is 1.29 bits per heavy atom. The van der Waals surface area contributed by atoms with Crippen LogP contribution in [-0.4, -0.2) is 34.7 Å². The summed E-state index contributed by atoms with van der Waals surface area (Å²) in [6.45, 7) is -0.249. The van der Waals surface area contributed by atoms with E-state index in [0.717, 1.165) is 4.47 Å². The van der Waals surface area contributed by atoms with E-state index in [-0.39, 0.29) is 18.0 Å². The van der Waals surface area contributed by atoms with Gasteiger partial charge in [-0.25, -0.2) is 5.43 Å². The number of benzene rings is 1. The lowest BCUT2D eigenvalue weighted by Crippen LogP contribution is -2.35. The highest BCUT2D eigenvalue weighted by atomic mass is 79.9. The number of hydrogen-bond donors (Lipinski definition) is 3. The molecule has 0 radical (unpaired) electrons. The van der Waals surface area contributed by atoms with E-state index in [1.165, 1.54) is 12.4 Å². The second kappa shape index (κ2) is 8.55. The molecule has 2 rings (SSSR count). The van der Waals surface area contributed by atoms with Crippen molar-refractivity contribution in [3.05, 3.63) is 56.7 Å². The lowest BCUT2D eigenvalue weighted by molar-refractivity contribution is -0.120. The first kappa shape index (κ1) is 18.1. The molecule has 3 N–H and O–H groups in total. The summed E-state index contributed by atoms with van der Waals surface area (Å²) in [6.07, 6.45) is 2.78. The van der Waals surface area contributed by atoms with E-state index in [1.54, 1.807) is 30.3 Å². The zero-order valence-corrected chi connectivity index (χ0v) is 15.3. The van der Waals surface area contributed by atoms with Crippen molar-refractivity contribution in [2.45, 2.75) is 0 Å². The summed E-state index contributed by atoms with van der Waals surface area (Å²) >= 11 is 6.49. The second-order valence-electron chi connectivity index (χ2n) is 4.52. The Kier molecular flexibility index (Phi) is 6.44. The minimum Gasteiger partial charge on any atom is -0.506 e. The molecule has 0 unspecified atom stereocenters. The molecule has 1 aromatic carbocycles. The van der Waals surface area contributed by atoms with Crippen LogP contribution >= 0.6 is 31.9 Å². The standard InChI is InChI=1S/C15H12Br2N4O3/c16-10-5-9(14(23)11(17)6-10)7-20-21-13(22)8-19-15(24)12-3-1-2-4-18-12/h1-7,23H,8H2,(H,19,24)(H,21,22). The van der Waals surface area contributed by atoms with Gasteiger partial charge >= 0.3 is 0 Å². The summed E-state index contributed by atoms with van der Waals surface area (Å²) in [4.78, 5) is 27.2. The summed E-state index contributed by atoms with van der Waals surface area (Å²) in [5.74, 6) is -0.966. The number of carbonyl (C=O) groups excluding carboxylic acids is 2. The minimum absolute atomic E-state index is 0.000321. The molecule has 0 fully saturated rings. The number of phenols is 1. The monoisotopic (exact) mass is 454 g/mol. The number of halogens is 2. The molecule has 0 aliphatic rings. The SMILES string of the molecule is O=C(CNC(=O)c1ccccn1)NN=Cc1cc(Br)cc(Br)c1O. The van der Waals surface area contributed by atoms with Crippen LogP contribution in [0.2, 0.25) is 0 Å². The molecule has 1 heterocycles. The van der Waals surface area contributed by atoms with E-state index in [2.05, 4.69) is 52.7 Å². The molecule has 0 saturated heterocycles. The Hall–Kier alpha value is -2.26. The fourth-order valence-electron chi connectivity index (χ4n) is 1.65. The number of amides is 2. The summed E-state index contributed by atoms with van der Waals surface area (Å²) < 4.78 is 1.23. The number of phenolic OH excluding ortho intramolecular Hbond substituents is 1. The topological polar surface area (TPSA) is 104 Å². The first-order valence-electron chi connectivity index (χ1n) is 6.66. The Morgan fingerprint density at radius 2 is 2.08 bits per heavy atom. The maximum absolute atomic E-state index is 11.7. The highest BCUT2D eigenvalue weighted by molar-refractivity contribution is 9.11. The summed E-state index contributed by atoms with van der Waals surface area (Å²) in [6, 6.07) is 8.22. The maximum atomic E-state index is 11.7. The van der Waals surface area contributed by atoms with Crippen LogP contribution in [0.1, 0.15) is 16.1 Å². The molecular weight excluding hydrogens is 444 g/mol. The van der Waals surface area contributed by atoms with Crippen molar-refractivity contribution in [1.29, 1.82) is 0 Å². The lowest BCUT2D eigenvalue weighted by Gasteiger charge is -2.04. The van der Waals surface area contributed by atoms with Crippen molar-refractivity contribution < 1.29 is 14.7 Å². The molecule has 24 heavy (non-hydrogen) atoms. The fraction of sp³-hybridized carbons (Fsp3) is 0.0667. The molecule has 0 bridgehead atoms. The van der Waals surface area contributed by atoms with Crippen LogP contribution in [0.5, 0.6) is 5.75 Å². The number of rotatable bonds is 5. The highest BCUT2D eigenvalue weighted by Gasteiger charge is 2.08. The molecule has 0 atom stereocenters. The third-order valence-corrected chi connectivity index (χ3v) is 3.82. The smallest absolute Gasteiger partial charge is 0.270 e. The summed E-state index contributed by atoms with van der Waals surface area (Å²) in [5.41, 5.74) is 2.89. The van der Waals surface area contributed by atoms with E-state index in [1.807, 2.05) is 0 Å². The molecule has 1 aromatic heterocycles. The van der Waals surface area contributed by atoms with Crippen molar-refractivity contribution in [2.24, 2.45) is 5.10 Å². The van der Waals surface area contributed by atoms with Crippen molar-refractivity contribution in [3.63, 3.8) is 0 Å². The van der Waals surface area contributed by atoms with Gasteiger partial charge in [0.2, 0.25) is 0 Å². The van der Waals surface area contributed by atoms with E-state index < -0.39 is 11.8 Å². The van der Waals surface area contributed by atoms with Crippen LogP contribution < -0.4 is 10.7 Å². The number of nitrogens with one attached hydrogen (secondary N) is 2. The number of aromatic nitrogens is 1. The van der Waals surface area contributed by atoms with E-state index in [4.69, 9.17) is 0 Å². The van der Waals surface area contributed by atoms with Crippen LogP contribution in [-0.2, 0) is 4.79 Å². The average molecular weight is 456 g/mol. The van der Waals surface area contributed by atoms with Crippen LogP contribution in [0.3, 0.4) is 0 Å². The Bertz CT molecular complexity index is 782. The van der Waals surface area contributed by atoms with Gasteiger partial charge in [0.25, 0.3) is 11.8 Å². The van der Waals surface area contributed by atoms with Gasteiger partial charge < -0.3 is 10.4 Å². The Balaban J connectivity index is 1.86. The van der Waals surface area contributed by atoms with Crippen molar-refractivity contribution in [1.82, 2.24) is 15.7 Å². The van der Waals surface area contributed by atoms with Crippen LogP contribution in [0.25, 0.3) is 0 Å². The Morgan fingerprint density at radius 3 is 2.79 bits per heavy atom. The molecule has 7 nitrogen and oxygen atoms in total. The van der Waals surface area contributed by atoms with Crippen molar-refractivity contribution >= 4 is 49.9 Å². The number of carbonyl (C=O) groups is 2. The van der Waals surface area contributed by atoms with Gasteiger partial charge in [-0.1, -0.05) is 22.0 Å². The molecule has 2 amide bonds. The van der Waals surface area contributed by atoms with Crippen molar-refractivity contribution in [2.75, 3.05) is 6.54 Å². The molecule has 2 aromatic rings. The first-order chi connectivity index (χ1) is 11.5. The zero-order valence-electron chi connectivity index (χ0n) is 12.2. The summed E-state index contributed by atoms with van der Waals surface area (Å²) in [5, 5.41) is 16.0. The van der Waals surface area contributed by atoms with E-state index >= 15 is 0 Å². The molecular formula is C15H12Br2N4O3. The first-order valence-corrected chi connectivity index (χ1v) is 8.25. The van der Waals surface area contributed by atoms with Crippen LogP contribution in [0, 0.1) is 0 Å². The van der Waals surface area contributed by atoms with Crippen molar-refractivity contribution in [3.8, 4) is 5.75 Å². The molecule has 0 aliphatic heterocycles. The predicted molar refractivity (Wildman–Crippen MR) is 95.8 cm³/mol.